The third kappa shape index (κ3) is 2.56. The topological polar surface area (TPSA) is 111 Å². The predicted molar refractivity (Wildman–Crippen MR) is 107 cm³/mol. The van der Waals surface area contributed by atoms with Gasteiger partial charge in [-0.15, -0.1) is 0 Å². The molecule has 1 aliphatic carbocycles. The molecule has 4 atom stereocenters. The Hall–Kier alpha value is -3.00. The minimum Gasteiger partial charge on any atom is -0.462 e. The van der Waals surface area contributed by atoms with E-state index in [1.54, 1.807) is 11.8 Å². The summed E-state index contributed by atoms with van der Waals surface area (Å²) in [5.41, 5.74) is 7.27. The molecular weight excluding hydrogens is 386 g/mol. The minimum absolute atomic E-state index is 0.0340. The smallest absolute Gasteiger partial charge is 0.351 e. The monoisotopic (exact) mass is 409 g/mol. The van der Waals surface area contributed by atoms with Crippen LogP contribution in [0.15, 0.2) is 52.3 Å². The number of ether oxygens (including phenoxy) is 2. The SMILES string of the molecule is CC[C@@]1(OC(=O)CN)C(=O)OCC2C(=O)N3CC4=CC5CC=CC=C5N=C4C3=CC21. The molecule has 0 aromatic rings. The number of hydrogen-bond acceptors (Lipinski definition) is 7. The van der Waals surface area contributed by atoms with Crippen LogP contribution in [-0.4, -0.2) is 53.8 Å². The van der Waals surface area contributed by atoms with Crippen molar-refractivity contribution in [1.82, 2.24) is 4.90 Å². The molecule has 1 amide bonds. The maximum Gasteiger partial charge on any atom is 0.351 e. The summed E-state index contributed by atoms with van der Waals surface area (Å²) in [7, 11) is 0. The molecule has 0 spiro atoms. The molecule has 2 N–H and O–H groups in total. The van der Waals surface area contributed by atoms with Gasteiger partial charge in [-0.25, -0.2) is 4.79 Å². The van der Waals surface area contributed by atoms with Crippen molar-refractivity contribution in [1.29, 1.82) is 0 Å². The number of allylic oxidation sites excluding steroid dienone is 5. The van der Waals surface area contributed by atoms with Crippen LogP contribution in [-0.2, 0) is 23.9 Å². The van der Waals surface area contributed by atoms with E-state index in [0.29, 0.717) is 12.2 Å². The average Bonchev–Trinajstić information content (AvgIpc) is 3.12. The molecular formula is C22H23N3O5. The van der Waals surface area contributed by atoms with E-state index in [-0.39, 0.29) is 31.4 Å². The van der Waals surface area contributed by atoms with E-state index >= 15 is 0 Å². The minimum atomic E-state index is -1.56. The number of esters is 2. The van der Waals surface area contributed by atoms with Crippen LogP contribution in [0.3, 0.4) is 0 Å². The summed E-state index contributed by atoms with van der Waals surface area (Å²) in [6.07, 6.45) is 11.2. The lowest BCUT2D eigenvalue weighted by atomic mass is 9.72. The van der Waals surface area contributed by atoms with Crippen LogP contribution >= 0.6 is 0 Å². The second-order valence-corrected chi connectivity index (χ2v) is 8.14. The van der Waals surface area contributed by atoms with E-state index in [1.807, 2.05) is 18.2 Å². The molecule has 8 nitrogen and oxygen atoms in total. The number of rotatable bonds is 3. The molecule has 8 heteroatoms. The Morgan fingerprint density at radius 3 is 3.00 bits per heavy atom. The predicted octanol–water partition coefficient (Wildman–Crippen LogP) is 1.01. The number of aliphatic imine (C=N–C) groups is 1. The maximum atomic E-state index is 13.4. The lowest BCUT2D eigenvalue weighted by Crippen LogP contribution is -2.61. The fourth-order valence-corrected chi connectivity index (χ4v) is 5.04. The molecule has 0 aromatic carbocycles. The fraction of sp³-hybridized carbons (Fsp3) is 0.455. The molecule has 5 aliphatic rings. The summed E-state index contributed by atoms with van der Waals surface area (Å²) in [4.78, 5) is 44.7. The van der Waals surface area contributed by atoms with Crippen LogP contribution in [0.2, 0.25) is 0 Å². The highest BCUT2D eigenvalue weighted by molar-refractivity contribution is 6.19. The number of carbonyl (C=O) groups excluding carboxylic acids is 3. The highest BCUT2D eigenvalue weighted by atomic mass is 16.6. The van der Waals surface area contributed by atoms with Gasteiger partial charge >= 0.3 is 11.9 Å². The molecule has 0 aromatic heterocycles. The highest BCUT2D eigenvalue weighted by Gasteiger charge is 2.60. The number of fused-ring (bicyclic) bond motifs is 5. The van der Waals surface area contributed by atoms with E-state index in [1.165, 1.54) is 0 Å². The van der Waals surface area contributed by atoms with E-state index < -0.39 is 29.4 Å². The van der Waals surface area contributed by atoms with Crippen molar-refractivity contribution in [3.05, 3.63) is 47.3 Å². The number of nitrogens with zero attached hydrogens (tertiary/aromatic N) is 2. The number of carbonyl (C=O) groups is 3. The Bertz CT molecular complexity index is 1000. The summed E-state index contributed by atoms with van der Waals surface area (Å²) in [6.45, 7) is 1.81. The Morgan fingerprint density at radius 1 is 1.40 bits per heavy atom. The molecule has 5 rings (SSSR count). The molecule has 3 unspecified atom stereocenters. The van der Waals surface area contributed by atoms with E-state index in [4.69, 9.17) is 20.2 Å². The van der Waals surface area contributed by atoms with Crippen molar-refractivity contribution in [2.24, 2.45) is 28.5 Å². The van der Waals surface area contributed by atoms with Gasteiger partial charge in [0.2, 0.25) is 11.5 Å². The number of cyclic esters (lactones) is 1. The van der Waals surface area contributed by atoms with Gasteiger partial charge < -0.3 is 20.1 Å². The van der Waals surface area contributed by atoms with Gasteiger partial charge in [0.1, 0.15) is 6.61 Å². The Balaban J connectivity index is 1.61. The van der Waals surface area contributed by atoms with Crippen LogP contribution < -0.4 is 5.73 Å². The van der Waals surface area contributed by atoms with Gasteiger partial charge in [-0.2, -0.15) is 0 Å². The molecule has 0 bridgehead atoms. The molecule has 30 heavy (non-hydrogen) atoms. The highest BCUT2D eigenvalue weighted by Crippen LogP contribution is 2.46. The normalized spacial score (nSPS) is 33.8. The Labute approximate surface area is 173 Å². The van der Waals surface area contributed by atoms with Gasteiger partial charge in [0.05, 0.1) is 30.4 Å². The van der Waals surface area contributed by atoms with E-state index in [9.17, 15) is 14.4 Å². The largest absolute Gasteiger partial charge is 0.462 e. The first kappa shape index (κ1) is 19.0. The zero-order valence-corrected chi connectivity index (χ0v) is 16.7. The molecule has 0 radical (unpaired) electrons. The van der Waals surface area contributed by atoms with Crippen LogP contribution in [0.4, 0.5) is 0 Å². The summed E-state index contributed by atoms with van der Waals surface area (Å²) in [5, 5.41) is 0. The second kappa shape index (κ2) is 6.77. The summed E-state index contributed by atoms with van der Waals surface area (Å²) >= 11 is 0. The molecule has 156 valence electrons. The summed E-state index contributed by atoms with van der Waals surface area (Å²) in [6, 6.07) is 0. The number of dihydropyridines is 1. The van der Waals surface area contributed by atoms with Gasteiger partial charge in [0.15, 0.2) is 0 Å². The van der Waals surface area contributed by atoms with Crippen molar-refractivity contribution >= 4 is 23.6 Å². The Kier molecular flexibility index (Phi) is 4.28. The molecule has 2 saturated heterocycles. The molecule has 0 saturated carbocycles. The first-order chi connectivity index (χ1) is 14.5. The standard InChI is InChI=1S/C22H23N3O5/c1-2-22(30-18(26)9-23)15-8-17-19-13(7-12-5-3-4-6-16(12)24-19)10-25(17)20(27)14(15)11-29-21(22)28/h3-4,6-8,12,14-15H,2,5,9-11,23H2,1H3/t12?,14?,15?,22-/m0/s1. The van der Waals surface area contributed by atoms with Crippen molar-refractivity contribution < 1.29 is 23.9 Å². The lowest BCUT2D eigenvalue weighted by Gasteiger charge is -2.46. The molecule has 4 heterocycles. The fourth-order valence-electron chi connectivity index (χ4n) is 5.04. The second-order valence-electron chi connectivity index (χ2n) is 8.14. The maximum absolute atomic E-state index is 13.4. The zero-order valence-electron chi connectivity index (χ0n) is 16.7. The van der Waals surface area contributed by atoms with Gasteiger partial charge in [-0.1, -0.05) is 25.2 Å². The number of hydrogen-bond donors (Lipinski definition) is 1. The zero-order chi connectivity index (χ0) is 21.0. The lowest BCUT2D eigenvalue weighted by molar-refractivity contribution is -0.204. The van der Waals surface area contributed by atoms with E-state index in [2.05, 4.69) is 12.2 Å². The van der Waals surface area contributed by atoms with Gasteiger partial charge in [0, 0.05) is 17.5 Å². The third-order valence-corrected chi connectivity index (χ3v) is 6.60. The molecule has 4 aliphatic heterocycles. The first-order valence-electron chi connectivity index (χ1n) is 10.3. The van der Waals surface area contributed by atoms with E-state index in [0.717, 1.165) is 23.4 Å². The van der Waals surface area contributed by atoms with Gasteiger partial charge in [-0.05, 0) is 30.6 Å². The number of nitrogens with two attached hydrogens (primary N) is 1. The van der Waals surface area contributed by atoms with Crippen LogP contribution in [0, 0.1) is 17.8 Å². The third-order valence-electron chi connectivity index (χ3n) is 6.60. The van der Waals surface area contributed by atoms with Crippen LogP contribution in [0.25, 0.3) is 0 Å². The number of amides is 1. The summed E-state index contributed by atoms with van der Waals surface area (Å²) < 4.78 is 10.9. The molecule has 2 fully saturated rings. The summed E-state index contributed by atoms with van der Waals surface area (Å²) in [5.74, 6) is -2.49. The van der Waals surface area contributed by atoms with Crippen LogP contribution in [0.5, 0.6) is 0 Å². The van der Waals surface area contributed by atoms with Gasteiger partial charge in [-0.3, -0.25) is 14.6 Å². The van der Waals surface area contributed by atoms with Crippen molar-refractivity contribution in [2.45, 2.75) is 25.4 Å². The average molecular weight is 409 g/mol. The quantitative estimate of drug-likeness (QED) is 0.697. The van der Waals surface area contributed by atoms with Crippen LogP contribution in [0.1, 0.15) is 19.8 Å². The van der Waals surface area contributed by atoms with Crippen molar-refractivity contribution in [3.63, 3.8) is 0 Å². The van der Waals surface area contributed by atoms with Gasteiger partial charge in [0.25, 0.3) is 0 Å². The van der Waals surface area contributed by atoms with Crippen molar-refractivity contribution in [2.75, 3.05) is 19.7 Å². The first-order valence-corrected chi connectivity index (χ1v) is 10.3. The Morgan fingerprint density at radius 2 is 2.23 bits per heavy atom. The van der Waals surface area contributed by atoms with Crippen molar-refractivity contribution in [3.8, 4) is 0 Å².